The second-order valence-corrected chi connectivity index (χ2v) is 4.56. The number of thiocarbonyl (C=S) groups is 1. The Morgan fingerprint density at radius 3 is 2.87 bits per heavy atom. The van der Waals surface area contributed by atoms with Crippen LogP contribution >= 0.6 is 28.1 Å². The Kier molecular flexibility index (Phi) is 5.65. The number of nitrogens with one attached hydrogen (secondary N) is 2. The molecule has 82 valence electrons. The lowest BCUT2D eigenvalue weighted by Crippen LogP contribution is -2.35. The normalized spacial score (nSPS) is 9.73. The average Bonchev–Trinajstić information content (AvgIpc) is 2.23. The van der Waals surface area contributed by atoms with Crippen molar-refractivity contribution in [2.24, 2.45) is 0 Å². The molecule has 0 saturated heterocycles. The molecule has 1 rings (SSSR count). The van der Waals surface area contributed by atoms with Crippen molar-refractivity contribution < 1.29 is 0 Å². The van der Waals surface area contributed by atoms with E-state index in [-0.39, 0.29) is 0 Å². The molecule has 0 aliphatic rings. The van der Waals surface area contributed by atoms with Gasteiger partial charge in [0.2, 0.25) is 0 Å². The van der Waals surface area contributed by atoms with Gasteiger partial charge < -0.3 is 10.6 Å². The number of rotatable bonds is 4. The van der Waals surface area contributed by atoms with Crippen molar-refractivity contribution in [3.05, 3.63) is 34.3 Å². The lowest BCUT2D eigenvalue weighted by molar-refractivity contribution is 0.799. The van der Waals surface area contributed by atoms with Gasteiger partial charge in [-0.15, -0.1) is 0 Å². The van der Waals surface area contributed by atoms with Crippen LogP contribution in [0.15, 0.2) is 28.7 Å². The Labute approximate surface area is 105 Å². The Bertz CT molecular complexity index is 328. The van der Waals surface area contributed by atoms with Gasteiger partial charge in [-0.1, -0.05) is 35.0 Å². The van der Waals surface area contributed by atoms with Crippen molar-refractivity contribution in [2.75, 3.05) is 6.54 Å². The van der Waals surface area contributed by atoms with Crippen LogP contribution in [0.4, 0.5) is 0 Å². The largest absolute Gasteiger partial charge is 0.363 e. The molecule has 0 aromatic heterocycles. The number of hydrogen-bond acceptors (Lipinski definition) is 1. The molecule has 4 heteroatoms. The fourth-order valence-electron chi connectivity index (χ4n) is 1.13. The zero-order valence-electron chi connectivity index (χ0n) is 8.72. The predicted octanol–water partition coefficient (Wildman–Crippen LogP) is 2.82. The Hall–Kier alpha value is -0.610. The summed E-state index contributed by atoms with van der Waals surface area (Å²) in [4.78, 5) is 0. The van der Waals surface area contributed by atoms with Crippen LogP contribution in [0.5, 0.6) is 0 Å². The zero-order valence-corrected chi connectivity index (χ0v) is 11.1. The van der Waals surface area contributed by atoms with Crippen LogP contribution in [0.25, 0.3) is 0 Å². The second kappa shape index (κ2) is 6.80. The van der Waals surface area contributed by atoms with Crippen LogP contribution in [0.1, 0.15) is 18.9 Å². The summed E-state index contributed by atoms with van der Waals surface area (Å²) in [7, 11) is 0. The Morgan fingerprint density at radius 2 is 2.20 bits per heavy atom. The highest BCUT2D eigenvalue weighted by Crippen LogP contribution is 2.11. The molecule has 0 saturated carbocycles. The van der Waals surface area contributed by atoms with Gasteiger partial charge in [-0.2, -0.15) is 0 Å². The van der Waals surface area contributed by atoms with E-state index in [2.05, 4.69) is 45.6 Å². The first-order valence-corrected chi connectivity index (χ1v) is 6.18. The number of halogens is 1. The smallest absolute Gasteiger partial charge is 0.166 e. The van der Waals surface area contributed by atoms with Gasteiger partial charge in [0.25, 0.3) is 0 Å². The second-order valence-electron chi connectivity index (χ2n) is 3.24. The van der Waals surface area contributed by atoms with Crippen LogP contribution < -0.4 is 10.6 Å². The van der Waals surface area contributed by atoms with Crippen molar-refractivity contribution in [3.8, 4) is 0 Å². The third-order valence-corrected chi connectivity index (χ3v) is 2.66. The fraction of sp³-hybridized carbons (Fsp3) is 0.364. The molecule has 0 aliphatic carbocycles. The lowest BCUT2D eigenvalue weighted by Gasteiger charge is -2.09. The molecule has 0 fully saturated rings. The van der Waals surface area contributed by atoms with E-state index in [4.69, 9.17) is 12.2 Å². The first-order valence-electron chi connectivity index (χ1n) is 4.98. The highest BCUT2D eigenvalue weighted by atomic mass is 79.9. The molecule has 1 aromatic carbocycles. The SMILES string of the molecule is CCCNC(=S)NCc1cccc(Br)c1. The number of benzene rings is 1. The van der Waals surface area contributed by atoms with Gasteiger partial charge in [0.1, 0.15) is 0 Å². The first-order chi connectivity index (χ1) is 7.22. The van der Waals surface area contributed by atoms with Crippen molar-refractivity contribution in [2.45, 2.75) is 19.9 Å². The Morgan fingerprint density at radius 1 is 1.40 bits per heavy atom. The van der Waals surface area contributed by atoms with Crippen LogP contribution in [-0.2, 0) is 6.54 Å². The maximum absolute atomic E-state index is 5.12. The maximum atomic E-state index is 5.12. The summed E-state index contributed by atoms with van der Waals surface area (Å²) in [5.74, 6) is 0. The van der Waals surface area contributed by atoms with Gasteiger partial charge in [-0.3, -0.25) is 0 Å². The molecule has 0 atom stereocenters. The summed E-state index contributed by atoms with van der Waals surface area (Å²) >= 11 is 8.55. The summed E-state index contributed by atoms with van der Waals surface area (Å²) in [5, 5.41) is 7.01. The van der Waals surface area contributed by atoms with E-state index in [0.717, 1.165) is 29.1 Å². The standard InChI is InChI=1S/C11H15BrN2S/c1-2-6-13-11(15)14-8-9-4-3-5-10(12)7-9/h3-5,7H,2,6,8H2,1H3,(H2,13,14,15). The van der Waals surface area contributed by atoms with Crippen molar-refractivity contribution >= 4 is 33.3 Å². The summed E-state index contributed by atoms with van der Waals surface area (Å²) in [6.07, 6.45) is 1.08. The summed E-state index contributed by atoms with van der Waals surface area (Å²) in [6, 6.07) is 8.18. The quantitative estimate of drug-likeness (QED) is 0.833. The predicted molar refractivity (Wildman–Crippen MR) is 71.9 cm³/mol. The monoisotopic (exact) mass is 286 g/mol. The molecule has 2 N–H and O–H groups in total. The highest BCUT2D eigenvalue weighted by molar-refractivity contribution is 9.10. The minimum absolute atomic E-state index is 0.719. The van der Waals surface area contributed by atoms with Gasteiger partial charge >= 0.3 is 0 Å². The fourth-order valence-corrected chi connectivity index (χ4v) is 1.75. The average molecular weight is 287 g/mol. The molecule has 0 heterocycles. The molecule has 0 unspecified atom stereocenters. The maximum Gasteiger partial charge on any atom is 0.166 e. The molecule has 0 spiro atoms. The third kappa shape index (κ3) is 5.14. The van der Waals surface area contributed by atoms with Crippen molar-refractivity contribution in [3.63, 3.8) is 0 Å². The summed E-state index contributed by atoms with van der Waals surface area (Å²) < 4.78 is 1.09. The molecule has 15 heavy (non-hydrogen) atoms. The van der Waals surface area contributed by atoms with Crippen molar-refractivity contribution in [1.82, 2.24) is 10.6 Å². The van der Waals surface area contributed by atoms with E-state index in [0.29, 0.717) is 0 Å². The van der Waals surface area contributed by atoms with Gasteiger partial charge in [-0.25, -0.2) is 0 Å². The Balaban J connectivity index is 2.33. The molecular formula is C11H15BrN2S. The lowest BCUT2D eigenvalue weighted by atomic mass is 10.2. The minimum atomic E-state index is 0.719. The van der Waals surface area contributed by atoms with E-state index in [1.165, 1.54) is 5.56 Å². The van der Waals surface area contributed by atoms with E-state index in [1.807, 2.05) is 12.1 Å². The third-order valence-electron chi connectivity index (χ3n) is 1.88. The molecule has 1 aromatic rings. The van der Waals surface area contributed by atoms with Crippen LogP contribution in [-0.4, -0.2) is 11.7 Å². The molecule has 2 nitrogen and oxygen atoms in total. The van der Waals surface area contributed by atoms with E-state index in [1.54, 1.807) is 0 Å². The van der Waals surface area contributed by atoms with Crippen LogP contribution in [0.3, 0.4) is 0 Å². The van der Waals surface area contributed by atoms with Crippen molar-refractivity contribution in [1.29, 1.82) is 0 Å². The molecule has 0 amide bonds. The number of hydrogen-bond donors (Lipinski definition) is 2. The minimum Gasteiger partial charge on any atom is -0.363 e. The van der Waals surface area contributed by atoms with E-state index >= 15 is 0 Å². The van der Waals surface area contributed by atoms with Gasteiger partial charge in [0, 0.05) is 17.6 Å². The molecule has 0 radical (unpaired) electrons. The van der Waals surface area contributed by atoms with Gasteiger partial charge in [0.15, 0.2) is 5.11 Å². The zero-order chi connectivity index (χ0) is 11.1. The highest BCUT2D eigenvalue weighted by Gasteiger charge is 1.96. The summed E-state index contributed by atoms with van der Waals surface area (Å²) in [5.41, 5.74) is 1.21. The summed E-state index contributed by atoms with van der Waals surface area (Å²) in [6.45, 7) is 3.79. The van der Waals surface area contributed by atoms with Gasteiger partial charge in [0.05, 0.1) is 0 Å². The molecule has 0 aliphatic heterocycles. The van der Waals surface area contributed by atoms with E-state index < -0.39 is 0 Å². The molecule has 0 bridgehead atoms. The van der Waals surface area contributed by atoms with Gasteiger partial charge in [-0.05, 0) is 36.3 Å². The van der Waals surface area contributed by atoms with E-state index in [9.17, 15) is 0 Å². The first kappa shape index (κ1) is 12.5. The topological polar surface area (TPSA) is 24.1 Å². The van der Waals surface area contributed by atoms with Crippen LogP contribution in [0, 0.1) is 0 Å². The molecular weight excluding hydrogens is 272 g/mol. The van der Waals surface area contributed by atoms with Crippen LogP contribution in [0.2, 0.25) is 0 Å².